The molecule has 0 spiro atoms. The molecule has 26 heavy (non-hydrogen) atoms. The van der Waals surface area contributed by atoms with Crippen LogP contribution in [0.4, 0.5) is 0 Å². The third-order valence-corrected chi connectivity index (χ3v) is 7.92. The first-order chi connectivity index (χ1) is 12.3. The van der Waals surface area contributed by atoms with Gasteiger partial charge in [-0.3, -0.25) is 4.79 Å². The molecule has 1 aromatic carbocycles. The molecular weight excluding hydrogens is 416 g/mol. The predicted octanol–water partition coefficient (Wildman–Crippen LogP) is 3.53. The van der Waals surface area contributed by atoms with Gasteiger partial charge in [-0.1, -0.05) is 31.5 Å². The quantitative estimate of drug-likeness (QED) is 0.689. The number of fused-ring (bicyclic) bond motifs is 1. The first kappa shape index (κ1) is 19.4. The number of carbonyl (C=O) groups is 1. The van der Waals surface area contributed by atoms with Crippen LogP contribution in [0.3, 0.4) is 0 Å². The number of unbranched alkanes of at least 4 members (excludes halogenated alkanes) is 1. The van der Waals surface area contributed by atoms with E-state index in [1.165, 1.54) is 0 Å². The number of nitrogens with zero attached hydrogens (tertiary/aromatic N) is 2. The summed E-state index contributed by atoms with van der Waals surface area (Å²) in [7, 11) is -3.02. The Balaban J connectivity index is 1.88. The van der Waals surface area contributed by atoms with Crippen molar-refractivity contribution in [2.75, 3.05) is 18.1 Å². The van der Waals surface area contributed by atoms with Gasteiger partial charge in [0.05, 0.1) is 11.5 Å². The SMILES string of the molecule is CCCCN(C(=O)Cn1c(C)c(Br)c2ccccc21)C1CCS(=O)(=O)C1. The Labute approximate surface area is 163 Å². The van der Waals surface area contributed by atoms with Crippen LogP contribution in [0.5, 0.6) is 0 Å². The first-order valence-corrected chi connectivity index (χ1v) is 11.7. The zero-order valence-electron chi connectivity index (χ0n) is 15.2. The molecule has 1 saturated heterocycles. The number of benzene rings is 1. The molecule has 5 nitrogen and oxygen atoms in total. The maximum Gasteiger partial charge on any atom is 0.242 e. The standard InChI is InChI=1S/C19H25BrN2O3S/c1-3-4-10-21(15-9-11-26(24,25)13-15)18(23)12-22-14(2)19(20)16-7-5-6-8-17(16)22/h5-8,15H,3-4,9-13H2,1-2H3. The van der Waals surface area contributed by atoms with Crippen LogP contribution >= 0.6 is 15.9 Å². The first-order valence-electron chi connectivity index (χ1n) is 9.07. The third kappa shape index (κ3) is 3.83. The van der Waals surface area contributed by atoms with Gasteiger partial charge in [0.2, 0.25) is 5.91 Å². The average molecular weight is 441 g/mol. The van der Waals surface area contributed by atoms with Gasteiger partial charge in [-0.05, 0) is 41.8 Å². The lowest BCUT2D eigenvalue weighted by Crippen LogP contribution is -2.43. The Bertz CT molecular complexity index is 920. The lowest BCUT2D eigenvalue weighted by molar-refractivity contribution is -0.133. The lowest BCUT2D eigenvalue weighted by Gasteiger charge is -2.29. The molecule has 7 heteroatoms. The maximum absolute atomic E-state index is 13.1. The summed E-state index contributed by atoms with van der Waals surface area (Å²) in [6.45, 7) is 4.93. The van der Waals surface area contributed by atoms with Crippen LogP contribution in [0.25, 0.3) is 10.9 Å². The normalized spacial score (nSPS) is 19.1. The van der Waals surface area contributed by atoms with Crippen molar-refractivity contribution in [1.82, 2.24) is 9.47 Å². The minimum absolute atomic E-state index is 0.00287. The smallest absolute Gasteiger partial charge is 0.242 e. The monoisotopic (exact) mass is 440 g/mol. The molecule has 0 bridgehead atoms. The van der Waals surface area contributed by atoms with Crippen molar-refractivity contribution in [1.29, 1.82) is 0 Å². The molecule has 142 valence electrons. The fraction of sp³-hybridized carbons (Fsp3) is 0.526. The lowest BCUT2D eigenvalue weighted by atomic mass is 10.2. The number of hydrogen-bond donors (Lipinski definition) is 0. The number of aromatic nitrogens is 1. The van der Waals surface area contributed by atoms with Crippen LogP contribution in [-0.2, 0) is 21.2 Å². The highest BCUT2D eigenvalue weighted by molar-refractivity contribution is 9.10. The summed E-state index contributed by atoms with van der Waals surface area (Å²) in [6.07, 6.45) is 2.41. The summed E-state index contributed by atoms with van der Waals surface area (Å²) in [4.78, 5) is 14.9. The Morgan fingerprint density at radius 3 is 2.73 bits per heavy atom. The van der Waals surface area contributed by atoms with Crippen LogP contribution in [0.2, 0.25) is 0 Å². The summed E-state index contributed by atoms with van der Waals surface area (Å²) in [6, 6.07) is 7.80. The summed E-state index contributed by atoms with van der Waals surface area (Å²) in [5.41, 5.74) is 2.02. The van der Waals surface area contributed by atoms with Gasteiger partial charge in [0.15, 0.2) is 9.84 Å². The highest BCUT2D eigenvalue weighted by Gasteiger charge is 2.34. The van der Waals surface area contributed by atoms with Gasteiger partial charge in [-0.25, -0.2) is 8.42 Å². The molecular formula is C19H25BrN2O3S. The highest BCUT2D eigenvalue weighted by Crippen LogP contribution is 2.30. The van der Waals surface area contributed by atoms with E-state index in [9.17, 15) is 13.2 Å². The molecule has 0 saturated carbocycles. The second kappa shape index (κ2) is 7.72. The van der Waals surface area contributed by atoms with Gasteiger partial charge in [-0.15, -0.1) is 0 Å². The van der Waals surface area contributed by atoms with E-state index in [1.807, 2.05) is 35.8 Å². The van der Waals surface area contributed by atoms with E-state index in [0.717, 1.165) is 33.9 Å². The second-order valence-corrected chi connectivity index (χ2v) is 10.0. The molecule has 1 aliphatic heterocycles. The van der Waals surface area contributed by atoms with Crippen LogP contribution in [0.15, 0.2) is 28.7 Å². The third-order valence-electron chi connectivity index (χ3n) is 5.17. The van der Waals surface area contributed by atoms with Crippen molar-refractivity contribution in [3.05, 3.63) is 34.4 Å². The Kier molecular flexibility index (Phi) is 5.77. The number of para-hydroxylation sites is 1. The van der Waals surface area contributed by atoms with E-state index < -0.39 is 9.84 Å². The van der Waals surface area contributed by atoms with E-state index in [1.54, 1.807) is 4.90 Å². The number of sulfone groups is 1. The van der Waals surface area contributed by atoms with E-state index in [2.05, 4.69) is 22.9 Å². The van der Waals surface area contributed by atoms with Gasteiger partial charge in [0, 0.05) is 33.7 Å². The molecule has 1 aromatic heterocycles. The molecule has 1 fully saturated rings. The molecule has 2 aromatic rings. The van der Waals surface area contributed by atoms with Crippen LogP contribution in [-0.4, -0.2) is 47.9 Å². The van der Waals surface area contributed by atoms with Gasteiger partial charge in [0.1, 0.15) is 6.54 Å². The second-order valence-electron chi connectivity index (χ2n) is 7.00. The van der Waals surface area contributed by atoms with Crippen molar-refractivity contribution in [3.8, 4) is 0 Å². The summed E-state index contributed by atoms with van der Waals surface area (Å²) in [5, 5.41) is 1.08. The van der Waals surface area contributed by atoms with Crippen LogP contribution < -0.4 is 0 Å². The molecule has 0 radical (unpaired) electrons. The van der Waals surface area contributed by atoms with Crippen molar-refractivity contribution < 1.29 is 13.2 Å². The van der Waals surface area contributed by atoms with E-state index in [4.69, 9.17) is 0 Å². The maximum atomic E-state index is 13.1. The van der Waals surface area contributed by atoms with Crippen LogP contribution in [0.1, 0.15) is 31.9 Å². The Hall–Kier alpha value is -1.34. The number of amides is 1. The molecule has 1 amide bonds. The molecule has 1 atom stereocenters. The molecule has 1 unspecified atom stereocenters. The van der Waals surface area contributed by atoms with Gasteiger partial charge < -0.3 is 9.47 Å². The predicted molar refractivity (Wildman–Crippen MR) is 108 cm³/mol. The molecule has 3 rings (SSSR count). The van der Waals surface area contributed by atoms with Crippen molar-refractivity contribution in [2.24, 2.45) is 0 Å². The van der Waals surface area contributed by atoms with Crippen molar-refractivity contribution in [3.63, 3.8) is 0 Å². The number of rotatable bonds is 6. The summed E-state index contributed by atoms with van der Waals surface area (Å²) >= 11 is 3.63. The molecule has 1 aliphatic rings. The molecule has 0 aliphatic carbocycles. The minimum Gasteiger partial charge on any atom is -0.337 e. The zero-order chi connectivity index (χ0) is 18.9. The average Bonchev–Trinajstić information content (AvgIpc) is 3.08. The number of hydrogen-bond acceptors (Lipinski definition) is 3. The fourth-order valence-corrected chi connectivity index (χ4v) is 5.96. The largest absolute Gasteiger partial charge is 0.337 e. The van der Waals surface area contributed by atoms with Crippen LogP contribution in [0, 0.1) is 6.92 Å². The van der Waals surface area contributed by atoms with Crippen molar-refractivity contribution >= 4 is 42.6 Å². The van der Waals surface area contributed by atoms with Gasteiger partial charge in [0.25, 0.3) is 0 Å². The topological polar surface area (TPSA) is 59.4 Å². The summed E-state index contributed by atoms with van der Waals surface area (Å²) < 4.78 is 26.8. The number of halogens is 1. The fourth-order valence-electron chi connectivity index (χ4n) is 3.68. The number of carbonyl (C=O) groups excluding carboxylic acids is 1. The van der Waals surface area contributed by atoms with E-state index in [0.29, 0.717) is 13.0 Å². The van der Waals surface area contributed by atoms with E-state index >= 15 is 0 Å². The van der Waals surface area contributed by atoms with Crippen molar-refractivity contribution in [2.45, 2.75) is 45.7 Å². The van der Waals surface area contributed by atoms with Gasteiger partial charge >= 0.3 is 0 Å². The minimum atomic E-state index is -3.02. The van der Waals surface area contributed by atoms with E-state index in [-0.39, 0.29) is 30.0 Å². The molecule has 2 heterocycles. The summed E-state index contributed by atoms with van der Waals surface area (Å²) in [5.74, 6) is 0.277. The van der Waals surface area contributed by atoms with Gasteiger partial charge in [-0.2, -0.15) is 0 Å². The highest BCUT2D eigenvalue weighted by atomic mass is 79.9. The zero-order valence-corrected chi connectivity index (χ0v) is 17.6. The molecule has 0 N–H and O–H groups in total. The Morgan fingerprint density at radius 2 is 2.08 bits per heavy atom. The Morgan fingerprint density at radius 1 is 1.35 bits per heavy atom.